The highest BCUT2D eigenvalue weighted by Crippen LogP contribution is 2.19. The second kappa shape index (κ2) is 10.1. The predicted molar refractivity (Wildman–Crippen MR) is 126 cm³/mol. The van der Waals surface area contributed by atoms with Crippen LogP contribution in [0.15, 0.2) is 72.8 Å². The van der Waals surface area contributed by atoms with E-state index in [0.717, 1.165) is 29.5 Å². The van der Waals surface area contributed by atoms with E-state index in [9.17, 15) is 13.2 Å². The zero-order valence-corrected chi connectivity index (χ0v) is 19.1. The fourth-order valence-corrected chi connectivity index (χ4v) is 4.49. The molecule has 0 unspecified atom stereocenters. The van der Waals surface area contributed by atoms with Crippen LogP contribution in [0, 0.1) is 5.92 Å². The van der Waals surface area contributed by atoms with Gasteiger partial charge in [-0.3, -0.25) is 4.79 Å². The molecule has 2 heterocycles. The molecule has 1 atom stereocenters. The van der Waals surface area contributed by atoms with Gasteiger partial charge < -0.3 is 4.90 Å². The molecular weight excluding hydrogens is 438 g/mol. The Morgan fingerprint density at radius 1 is 1.12 bits per heavy atom. The molecule has 1 aromatic heterocycles. The summed E-state index contributed by atoms with van der Waals surface area (Å²) in [6, 6.07) is 17.7. The van der Waals surface area contributed by atoms with E-state index < -0.39 is 10.0 Å². The van der Waals surface area contributed by atoms with Gasteiger partial charge in [-0.15, -0.1) is 5.10 Å². The van der Waals surface area contributed by atoms with Gasteiger partial charge in [0.05, 0.1) is 12.2 Å². The Bertz CT molecular complexity index is 1210. The van der Waals surface area contributed by atoms with Gasteiger partial charge in [0.25, 0.3) is 5.91 Å². The van der Waals surface area contributed by atoms with Gasteiger partial charge >= 0.3 is 0 Å². The average molecular weight is 466 g/mol. The summed E-state index contributed by atoms with van der Waals surface area (Å²) in [5, 5.41) is 9.37. The van der Waals surface area contributed by atoms with E-state index >= 15 is 0 Å². The number of nitrogens with zero attached hydrogens (tertiary/aromatic N) is 4. The molecule has 2 aromatic carbocycles. The van der Waals surface area contributed by atoms with Crippen molar-refractivity contribution in [3.63, 3.8) is 0 Å². The van der Waals surface area contributed by atoms with E-state index in [4.69, 9.17) is 0 Å². The largest absolute Gasteiger partial charge is 0.338 e. The molecule has 9 heteroatoms. The highest BCUT2D eigenvalue weighted by Gasteiger charge is 2.27. The summed E-state index contributed by atoms with van der Waals surface area (Å²) in [5.41, 5.74) is 3.75. The van der Waals surface area contributed by atoms with Crippen LogP contribution in [-0.4, -0.2) is 53.9 Å². The lowest BCUT2D eigenvalue weighted by atomic mass is 10.1. The first-order chi connectivity index (χ1) is 15.9. The first-order valence-electron chi connectivity index (χ1n) is 10.8. The van der Waals surface area contributed by atoms with Crippen LogP contribution in [-0.2, 0) is 23.0 Å². The topological polar surface area (TPSA) is 97.2 Å². The minimum atomic E-state index is -3.44. The minimum Gasteiger partial charge on any atom is -0.338 e. The molecule has 1 N–H and O–H groups in total. The number of aromatic nitrogens is 3. The van der Waals surface area contributed by atoms with Crippen LogP contribution in [0.4, 0.5) is 0 Å². The summed E-state index contributed by atoms with van der Waals surface area (Å²) in [7, 11) is -3.44. The molecule has 8 nitrogen and oxygen atoms in total. The van der Waals surface area contributed by atoms with Crippen LogP contribution in [0.5, 0.6) is 0 Å². The Hall–Kier alpha value is -3.30. The van der Waals surface area contributed by atoms with E-state index in [1.807, 2.05) is 48.7 Å². The number of hydrogen-bond acceptors (Lipinski definition) is 5. The van der Waals surface area contributed by atoms with Gasteiger partial charge in [0.15, 0.2) is 0 Å². The number of benzene rings is 2. The molecular formula is C24H27N5O3S. The van der Waals surface area contributed by atoms with Crippen molar-refractivity contribution in [2.75, 3.05) is 19.6 Å². The number of amides is 1. The highest BCUT2D eigenvalue weighted by atomic mass is 32.2. The number of rotatable bonds is 9. The van der Waals surface area contributed by atoms with Crippen molar-refractivity contribution < 1.29 is 13.2 Å². The number of sulfonamides is 1. The van der Waals surface area contributed by atoms with Crippen molar-refractivity contribution in [2.45, 2.75) is 19.4 Å². The van der Waals surface area contributed by atoms with Gasteiger partial charge in [0.1, 0.15) is 0 Å². The van der Waals surface area contributed by atoms with Crippen molar-refractivity contribution >= 4 is 15.9 Å². The second-order valence-electron chi connectivity index (χ2n) is 8.23. The maximum absolute atomic E-state index is 12.8. The summed E-state index contributed by atoms with van der Waals surface area (Å²) in [6.45, 7) is 5.32. The van der Waals surface area contributed by atoms with Gasteiger partial charge in [-0.05, 0) is 35.6 Å². The fourth-order valence-electron chi connectivity index (χ4n) is 3.90. The maximum atomic E-state index is 12.8. The SMILES string of the molecule is C=CS(=O)(=O)NC[C@H]1CCN(C(=O)c2ccc(Cn3cc(Cc4ccccc4)nn3)cc2)C1. The van der Waals surface area contributed by atoms with Crippen molar-refractivity contribution in [1.82, 2.24) is 24.6 Å². The van der Waals surface area contributed by atoms with Crippen LogP contribution in [0.2, 0.25) is 0 Å². The molecule has 4 rings (SSSR count). The molecule has 1 aliphatic rings. The molecule has 3 aromatic rings. The quantitative estimate of drug-likeness (QED) is 0.524. The average Bonchev–Trinajstić information content (AvgIpc) is 3.48. The Labute approximate surface area is 194 Å². The van der Waals surface area contributed by atoms with Gasteiger partial charge in [-0.2, -0.15) is 0 Å². The zero-order chi connectivity index (χ0) is 23.3. The first kappa shape index (κ1) is 22.9. The first-order valence-corrected chi connectivity index (χ1v) is 12.4. The normalized spacial score (nSPS) is 16.1. The van der Waals surface area contributed by atoms with Crippen molar-refractivity contribution in [3.8, 4) is 0 Å². The number of nitrogens with one attached hydrogen (secondary N) is 1. The smallest absolute Gasteiger partial charge is 0.253 e. The molecule has 0 aliphatic carbocycles. The molecule has 1 saturated heterocycles. The number of carbonyl (C=O) groups is 1. The Morgan fingerprint density at radius 2 is 1.88 bits per heavy atom. The van der Waals surface area contributed by atoms with Crippen LogP contribution >= 0.6 is 0 Å². The van der Waals surface area contributed by atoms with Gasteiger partial charge in [-0.25, -0.2) is 17.8 Å². The maximum Gasteiger partial charge on any atom is 0.253 e. The van der Waals surface area contributed by atoms with Gasteiger partial charge in [0.2, 0.25) is 10.0 Å². The van der Waals surface area contributed by atoms with Crippen LogP contribution in [0.25, 0.3) is 0 Å². The summed E-state index contributed by atoms with van der Waals surface area (Å²) < 4.78 is 27.3. The Kier molecular flexibility index (Phi) is 7.00. The Morgan fingerprint density at radius 3 is 2.61 bits per heavy atom. The fraction of sp³-hybridized carbons (Fsp3) is 0.292. The molecule has 0 bridgehead atoms. The molecule has 33 heavy (non-hydrogen) atoms. The lowest BCUT2D eigenvalue weighted by Gasteiger charge is -2.17. The molecule has 172 valence electrons. The van der Waals surface area contributed by atoms with E-state index in [1.165, 1.54) is 5.56 Å². The summed E-state index contributed by atoms with van der Waals surface area (Å²) in [4.78, 5) is 14.6. The van der Waals surface area contributed by atoms with E-state index in [-0.39, 0.29) is 11.8 Å². The lowest BCUT2D eigenvalue weighted by molar-refractivity contribution is 0.0787. The third-order valence-electron chi connectivity index (χ3n) is 5.73. The third-order valence-corrected chi connectivity index (χ3v) is 6.73. The molecule has 0 saturated carbocycles. The molecule has 1 aliphatic heterocycles. The van der Waals surface area contributed by atoms with Crippen LogP contribution in [0.3, 0.4) is 0 Å². The summed E-state index contributed by atoms with van der Waals surface area (Å²) in [5.74, 6) is 0.0573. The standard InChI is InChI=1S/C24H27N5O3S/c1-2-33(31,32)25-15-21-12-13-28(16-21)24(30)22-10-8-20(9-11-22)17-29-18-23(26-27-29)14-19-6-4-3-5-7-19/h2-11,18,21,25H,1,12-17H2/t21-/m1/s1. The predicted octanol–water partition coefficient (Wildman–Crippen LogP) is 2.44. The number of hydrogen-bond donors (Lipinski definition) is 1. The summed E-state index contributed by atoms with van der Waals surface area (Å²) >= 11 is 0. The summed E-state index contributed by atoms with van der Waals surface area (Å²) in [6.07, 6.45) is 3.44. The van der Waals surface area contributed by atoms with Crippen LogP contribution < -0.4 is 4.72 Å². The van der Waals surface area contributed by atoms with Crippen molar-refractivity contribution in [2.24, 2.45) is 5.92 Å². The van der Waals surface area contributed by atoms with E-state index in [1.54, 1.807) is 9.58 Å². The molecule has 1 fully saturated rings. The third kappa shape index (κ3) is 6.15. The highest BCUT2D eigenvalue weighted by molar-refractivity contribution is 7.92. The monoisotopic (exact) mass is 465 g/mol. The van der Waals surface area contributed by atoms with Crippen molar-refractivity contribution in [1.29, 1.82) is 0 Å². The Balaban J connectivity index is 1.30. The lowest BCUT2D eigenvalue weighted by Crippen LogP contribution is -2.32. The van der Waals surface area contributed by atoms with Crippen molar-refractivity contribution in [3.05, 3.63) is 95.2 Å². The number of likely N-dealkylation sites (tertiary alicyclic amines) is 1. The zero-order valence-electron chi connectivity index (χ0n) is 18.3. The molecule has 0 radical (unpaired) electrons. The minimum absolute atomic E-state index is 0.0402. The van der Waals surface area contributed by atoms with Gasteiger partial charge in [0, 0.05) is 43.2 Å². The molecule has 1 amide bonds. The van der Waals surface area contributed by atoms with Gasteiger partial charge in [-0.1, -0.05) is 54.3 Å². The van der Waals surface area contributed by atoms with Crippen LogP contribution in [0.1, 0.15) is 33.6 Å². The van der Waals surface area contributed by atoms with E-state index in [0.29, 0.717) is 31.7 Å². The second-order valence-corrected chi connectivity index (χ2v) is 9.94. The number of carbonyl (C=O) groups excluding carboxylic acids is 1. The van der Waals surface area contributed by atoms with E-state index in [2.05, 4.69) is 33.7 Å². The molecule has 0 spiro atoms.